The Morgan fingerprint density at radius 1 is 1.71 bits per heavy atom. The van der Waals surface area contributed by atoms with E-state index in [1.165, 1.54) is 0 Å². The highest BCUT2D eigenvalue weighted by molar-refractivity contribution is 5.90. The Bertz CT molecular complexity index is 251. The van der Waals surface area contributed by atoms with Crippen LogP contribution in [0.15, 0.2) is 12.2 Å². The highest BCUT2D eigenvalue weighted by Gasteiger charge is 2.29. The Hall–Kier alpha value is -1.32. The van der Waals surface area contributed by atoms with E-state index in [2.05, 4.69) is 6.58 Å². The van der Waals surface area contributed by atoms with Crippen molar-refractivity contribution in [3.63, 3.8) is 0 Å². The lowest BCUT2D eigenvalue weighted by Crippen LogP contribution is -2.18. The number of carbonyl (C=O) groups is 2. The molecule has 1 heterocycles. The van der Waals surface area contributed by atoms with E-state index in [0.717, 1.165) is 0 Å². The Morgan fingerprint density at radius 3 is 2.79 bits per heavy atom. The van der Waals surface area contributed by atoms with Crippen LogP contribution in [0.2, 0.25) is 0 Å². The molecular formula is C10H14O4. The summed E-state index contributed by atoms with van der Waals surface area (Å²) in [5.74, 6) is -0.750. The van der Waals surface area contributed by atoms with Crippen LogP contribution < -0.4 is 0 Å². The fraction of sp³-hybridized carbons (Fsp3) is 0.600. The van der Waals surface area contributed by atoms with E-state index in [1.54, 1.807) is 13.8 Å². The van der Waals surface area contributed by atoms with Crippen molar-refractivity contribution in [2.24, 2.45) is 0 Å². The first kappa shape index (κ1) is 10.8. The van der Waals surface area contributed by atoms with Gasteiger partial charge in [0.25, 0.3) is 0 Å². The zero-order valence-electron chi connectivity index (χ0n) is 8.41. The maximum Gasteiger partial charge on any atom is 0.333 e. The first-order valence-electron chi connectivity index (χ1n) is 4.57. The highest BCUT2D eigenvalue weighted by atomic mass is 16.6. The number of ether oxygens (including phenoxy) is 2. The van der Waals surface area contributed by atoms with Gasteiger partial charge < -0.3 is 9.47 Å². The van der Waals surface area contributed by atoms with Crippen LogP contribution >= 0.6 is 0 Å². The maximum atomic E-state index is 11.2. The molecule has 0 amide bonds. The molecule has 1 saturated heterocycles. The first-order valence-corrected chi connectivity index (χ1v) is 4.57. The zero-order chi connectivity index (χ0) is 10.7. The summed E-state index contributed by atoms with van der Waals surface area (Å²) in [4.78, 5) is 22.1. The number of hydrogen-bond acceptors (Lipinski definition) is 4. The Labute approximate surface area is 82.9 Å². The summed E-state index contributed by atoms with van der Waals surface area (Å²) in [5, 5.41) is 0. The second kappa shape index (κ2) is 4.26. The number of carbonyl (C=O) groups excluding carboxylic acids is 2. The van der Waals surface area contributed by atoms with Gasteiger partial charge in [-0.25, -0.2) is 4.79 Å². The molecule has 0 bridgehead atoms. The van der Waals surface area contributed by atoms with Gasteiger partial charge in [-0.3, -0.25) is 4.79 Å². The number of hydrogen-bond donors (Lipinski definition) is 0. The maximum absolute atomic E-state index is 11.2. The molecule has 1 fully saturated rings. The molecule has 4 heteroatoms. The molecule has 78 valence electrons. The molecule has 1 unspecified atom stereocenters. The first-order chi connectivity index (χ1) is 6.49. The fourth-order valence-electron chi connectivity index (χ4n) is 1.25. The van der Waals surface area contributed by atoms with Gasteiger partial charge in [-0.2, -0.15) is 0 Å². The molecule has 0 aliphatic carbocycles. The monoisotopic (exact) mass is 198 g/mol. The number of rotatable bonds is 3. The molecule has 0 aromatic rings. The van der Waals surface area contributed by atoms with Crippen molar-refractivity contribution in [2.45, 2.75) is 38.9 Å². The lowest BCUT2D eigenvalue weighted by Gasteiger charge is -2.10. The molecule has 1 aliphatic heterocycles. The van der Waals surface area contributed by atoms with Gasteiger partial charge in [0.1, 0.15) is 6.10 Å². The van der Waals surface area contributed by atoms with Gasteiger partial charge in [0.05, 0.1) is 12.5 Å². The minimum absolute atomic E-state index is 0.114. The zero-order valence-corrected chi connectivity index (χ0v) is 8.41. The third-order valence-electron chi connectivity index (χ3n) is 1.80. The Kier molecular flexibility index (Phi) is 3.28. The molecule has 4 nitrogen and oxygen atoms in total. The lowest BCUT2D eigenvalue weighted by molar-refractivity contribution is -0.151. The van der Waals surface area contributed by atoms with Crippen LogP contribution in [0, 0.1) is 0 Å². The minimum Gasteiger partial charge on any atom is -0.463 e. The lowest BCUT2D eigenvalue weighted by atomic mass is 10.1. The summed E-state index contributed by atoms with van der Waals surface area (Å²) < 4.78 is 9.81. The number of esters is 2. The predicted molar refractivity (Wildman–Crippen MR) is 49.5 cm³/mol. The third kappa shape index (κ3) is 2.87. The molecule has 1 atom stereocenters. The largest absolute Gasteiger partial charge is 0.463 e. The van der Waals surface area contributed by atoms with Gasteiger partial charge in [0, 0.05) is 12.0 Å². The Balaban J connectivity index is 2.36. The van der Waals surface area contributed by atoms with Crippen LogP contribution in [0.25, 0.3) is 0 Å². The van der Waals surface area contributed by atoms with E-state index >= 15 is 0 Å². The van der Waals surface area contributed by atoms with E-state index < -0.39 is 5.97 Å². The van der Waals surface area contributed by atoms with Gasteiger partial charge >= 0.3 is 11.9 Å². The minimum atomic E-state index is -0.410. The molecule has 0 aromatic heterocycles. The highest BCUT2D eigenvalue weighted by Crippen LogP contribution is 2.21. The summed E-state index contributed by atoms with van der Waals surface area (Å²) in [6.07, 6.45) is 0.0127. The van der Waals surface area contributed by atoms with Gasteiger partial charge in [-0.15, -0.1) is 0 Å². The van der Waals surface area contributed by atoms with E-state index in [0.29, 0.717) is 12.0 Å². The van der Waals surface area contributed by atoms with Crippen molar-refractivity contribution < 1.29 is 19.1 Å². The average Bonchev–Trinajstić information content (AvgIpc) is 2.28. The van der Waals surface area contributed by atoms with Crippen LogP contribution in [-0.4, -0.2) is 24.1 Å². The van der Waals surface area contributed by atoms with E-state index in [4.69, 9.17) is 9.47 Å². The molecule has 0 aromatic carbocycles. The fourth-order valence-corrected chi connectivity index (χ4v) is 1.25. The topological polar surface area (TPSA) is 52.6 Å². The van der Waals surface area contributed by atoms with Crippen LogP contribution in [0.5, 0.6) is 0 Å². The Morgan fingerprint density at radius 2 is 2.36 bits per heavy atom. The molecule has 1 aliphatic rings. The molecule has 0 saturated carbocycles. The van der Waals surface area contributed by atoms with Crippen molar-refractivity contribution in [1.29, 1.82) is 0 Å². The quantitative estimate of drug-likeness (QED) is 0.505. The summed E-state index contributed by atoms with van der Waals surface area (Å²) >= 11 is 0. The van der Waals surface area contributed by atoms with E-state index in [1.807, 2.05) is 0 Å². The van der Waals surface area contributed by atoms with Crippen molar-refractivity contribution in [3.05, 3.63) is 12.2 Å². The van der Waals surface area contributed by atoms with Crippen LogP contribution in [0.3, 0.4) is 0 Å². The van der Waals surface area contributed by atoms with Crippen molar-refractivity contribution in [3.8, 4) is 0 Å². The van der Waals surface area contributed by atoms with Crippen LogP contribution in [0.4, 0.5) is 0 Å². The molecule has 0 spiro atoms. The van der Waals surface area contributed by atoms with Crippen LogP contribution in [-0.2, 0) is 19.1 Å². The predicted octanol–water partition coefficient (Wildman–Crippen LogP) is 1.20. The van der Waals surface area contributed by atoms with Gasteiger partial charge in [-0.1, -0.05) is 6.58 Å². The smallest absolute Gasteiger partial charge is 0.333 e. The van der Waals surface area contributed by atoms with Gasteiger partial charge in [-0.05, 0) is 13.8 Å². The van der Waals surface area contributed by atoms with Crippen LogP contribution in [0.1, 0.15) is 26.7 Å². The molecule has 14 heavy (non-hydrogen) atoms. The summed E-state index contributed by atoms with van der Waals surface area (Å²) in [6.45, 7) is 7.08. The standard InChI is InChI=1S/C10H14O4/c1-6(2)13-9(11)5-8-4-7(3)10(12)14-8/h6,8H,3-5H2,1-2H3. The summed E-state index contributed by atoms with van der Waals surface area (Å²) in [7, 11) is 0. The normalized spacial score (nSPS) is 21.2. The van der Waals surface area contributed by atoms with Crippen molar-refractivity contribution in [1.82, 2.24) is 0 Å². The number of cyclic esters (lactones) is 1. The summed E-state index contributed by atoms with van der Waals surface area (Å²) in [5.41, 5.74) is 0.423. The van der Waals surface area contributed by atoms with Crippen molar-refractivity contribution in [2.75, 3.05) is 0 Å². The van der Waals surface area contributed by atoms with Gasteiger partial charge in [0.15, 0.2) is 0 Å². The van der Waals surface area contributed by atoms with E-state index in [-0.39, 0.29) is 24.6 Å². The SMILES string of the molecule is C=C1CC(CC(=O)OC(C)C)OC1=O. The second-order valence-corrected chi connectivity index (χ2v) is 3.58. The average molecular weight is 198 g/mol. The molecule has 0 N–H and O–H groups in total. The van der Waals surface area contributed by atoms with E-state index in [9.17, 15) is 9.59 Å². The molecular weight excluding hydrogens is 184 g/mol. The third-order valence-corrected chi connectivity index (χ3v) is 1.80. The summed E-state index contributed by atoms with van der Waals surface area (Å²) in [6, 6.07) is 0. The molecule has 0 radical (unpaired) electrons. The van der Waals surface area contributed by atoms with Gasteiger partial charge in [0.2, 0.25) is 0 Å². The molecule has 1 rings (SSSR count). The van der Waals surface area contributed by atoms with Crippen molar-refractivity contribution >= 4 is 11.9 Å². The second-order valence-electron chi connectivity index (χ2n) is 3.58.